The largest absolute Gasteiger partial charge is 0.481 e. The summed E-state index contributed by atoms with van der Waals surface area (Å²) < 4.78 is 0. The van der Waals surface area contributed by atoms with Crippen LogP contribution in [0.5, 0.6) is 0 Å². The van der Waals surface area contributed by atoms with E-state index in [4.69, 9.17) is 32.5 Å². The van der Waals surface area contributed by atoms with E-state index in [1.54, 1.807) is 0 Å². The minimum absolute atomic E-state index is 0.144. The second-order valence-corrected chi connectivity index (χ2v) is 5.00. The van der Waals surface area contributed by atoms with Gasteiger partial charge < -0.3 is 32.5 Å². The number of hydrogen-bond donors (Lipinski definition) is 6. The highest BCUT2D eigenvalue weighted by Crippen LogP contribution is 2.17. The van der Waals surface area contributed by atoms with Crippen LogP contribution < -0.4 is 17.2 Å². The summed E-state index contributed by atoms with van der Waals surface area (Å²) in [5.41, 5.74) is 16.3. The molecule has 9 N–H and O–H groups in total. The highest BCUT2D eigenvalue weighted by molar-refractivity contribution is 5.88. The van der Waals surface area contributed by atoms with E-state index in [2.05, 4.69) is 0 Å². The SMILES string of the molecule is N[C@H](CC(C[C@H](N)C(=O)O)C(=O)[C@@H](N)CCC(=O)O)C(=O)O. The van der Waals surface area contributed by atoms with Crippen LogP contribution in [0.25, 0.3) is 0 Å². The number of carbonyl (C=O) groups excluding carboxylic acids is 1. The summed E-state index contributed by atoms with van der Waals surface area (Å²) in [4.78, 5) is 44.2. The Kier molecular flexibility index (Phi) is 8.23. The summed E-state index contributed by atoms with van der Waals surface area (Å²) in [7, 11) is 0. The molecule has 0 aliphatic carbocycles. The molecule has 0 aromatic rings. The van der Waals surface area contributed by atoms with Crippen molar-refractivity contribution in [3.05, 3.63) is 0 Å². The summed E-state index contributed by atoms with van der Waals surface area (Å²) in [5, 5.41) is 26.1. The van der Waals surface area contributed by atoms with E-state index < -0.39 is 47.7 Å². The smallest absolute Gasteiger partial charge is 0.320 e. The van der Waals surface area contributed by atoms with Gasteiger partial charge in [-0.05, 0) is 19.3 Å². The van der Waals surface area contributed by atoms with E-state index in [0.29, 0.717) is 0 Å². The van der Waals surface area contributed by atoms with Gasteiger partial charge in [-0.3, -0.25) is 19.2 Å². The van der Waals surface area contributed by atoms with E-state index >= 15 is 0 Å². The van der Waals surface area contributed by atoms with Gasteiger partial charge in [-0.2, -0.15) is 0 Å². The van der Waals surface area contributed by atoms with Gasteiger partial charge in [0.25, 0.3) is 0 Å². The van der Waals surface area contributed by atoms with Gasteiger partial charge in [0, 0.05) is 12.3 Å². The molecule has 0 amide bonds. The fraction of sp³-hybridized carbons (Fsp3) is 0.667. The van der Waals surface area contributed by atoms with E-state index in [1.165, 1.54) is 0 Å². The van der Waals surface area contributed by atoms with Crippen molar-refractivity contribution in [2.75, 3.05) is 0 Å². The van der Waals surface area contributed by atoms with Crippen molar-refractivity contribution in [1.29, 1.82) is 0 Å². The van der Waals surface area contributed by atoms with Crippen LogP contribution in [0.4, 0.5) is 0 Å². The van der Waals surface area contributed by atoms with Crippen LogP contribution in [0.15, 0.2) is 0 Å². The first kappa shape index (κ1) is 20.0. The third-order valence-electron chi connectivity index (χ3n) is 3.15. The maximum atomic E-state index is 12.2. The minimum Gasteiger partial charge on any atom is -0.481 e. The van der Waals surface area contributed by atoms with Crippen LogP contribution in [0.1, 0.15) is 25.7 Å². The molecule has 10 nitrogen and oxygen atoms in total. The molecule has 1 unspecified atom stereocenters. The Labute approximate surface area is 126 Å². The molecule has 0 radical (unpaired) electrons. The summed E-state index contributed by atoms with van der Waals surface area (Å²) in [5.74, 6) is -5.54. The molecule has 0 spiro atoms. The number of carboxylic acids is 3. The van der Waals surface area contributed by atoms with Crippen LogP contribution in [0.3, 0.4) is 0 Å². The molecule has 0 heterocycles. The predicted molar refractivity (Wildman–Crippen MR) is 73.8 cm³/mol. The Morgan fingerprint density at radius 1 is 0.773 bits per heavy atom. The molecule has 126 valence electrons. The molecule has 0 saturated heterocycles. The monoisotopic (exact) mass is 319 g/mol. The average Bonchev–Trinajstić information content (AvgIpc) is 2.42. The zero-order valence-electron chi connectivity index (χ0n) is 11.8. The molecule has 0 bridgehead atoms. The number of aliphatic carboxylic acids is 3. The number of rotatable bonds is 11. The lowest BCUT2D eigenvalue weighted by Crippen LogP contribution is -2.44. The lowest BCUT2D eigenvalue weighted by Gasteiger charge is -2.22. The number of hydrogen-bond acceptors (Lipinski definition) is 7. The normalized spacial score (nSPS) is 16.3. The topological polar surface area (TPSA) is 207 Å². The fourth-order valence-corrected chi connectivity index (χ4v) is 1.87. The van der Waals surface area contributed by atoms with Gasteiger partial charge in [0.05, 0.1) is 6.04 Å². The zero-order valence-corrected chi connectivity index (χ0v) is 11.8. The third-order valence-corrected chi connectivity index (χ3v) is 3.15. The number of carboxylic acid groups (broad SMARTS) is 3. The Morgan fingerprint density at radius 2 is 1.18 bits per heavy atom. The van der Waals surface area contributed by atoms with Crippen LogP contribution in [0, 0.1) is 5.92 Å². The van der Waals surface area contributed by atoms with E-state index in [1.807, 2.05) is 0 Å². The lowest BCUT2D eigenvalue weighted by atomic mass is 9.85. The molecule has 0 rings (SSSR count). The Morgan fingerprint density at radius 3 is 1.50 bits per heavy atom. The number of nitrogens with two attached hydrogens (primary N) is 3. The molecule has 22 heavy (non-hydrogen) atoms. The van der Waals surface area contributed by atoms with Crippen LogP contribution >= 0.6 is 0 Å². The summed E-state index contributed by atoms with van der Waals surface area (Å²) in [6, 6.07) is -3.90. The quantitative estimate of drug-likeness (QED) is 0.246. The fourth-order valence-electron chi connectivity index (χ4n) is 1.87. The highest BCUT2D eigenvalue weighted by Gasteiger charge is 2.31. The minimum atomic E-state index is -1.37. The summed E-state index contributed by atoms with van der Waals surface area (Å²) >= 11 is 0. The van der Waals surface area contributed by atoms with Gasteiger partial charge in [0.1, 0.15) is 12.1 Å². The average molecular weight is 319 g/mol. The van der Waals surface area contributed by atoms with Gasteiger partial charge in [-0.25, -0.2) is 0 Å². The van der Waals surface area contributed by atoms with Crippen molar-refractivity contribution >= 4 is 23.7 Å². The first-order valence-corrected chi connectivity index (χ1v) is 6.54. The molecule has 4 atom stereocenters. The van der Waals surface area contributed by atoms with Crippen molar-refractivity contribution in [3.63, 3.8) is 0 Å². The number of carbonyl (C=O) groups is 4. The molecular weight excluding hydrogens is 298 g/mol. The second-order valence-electron chi connectivity index (χ2n) is 5.00. The van der Waals surface area contributed by atoms with Crippen molar-refractivity contribution in [2.45, 2.75) is 43.8 Å². The van der Waals surface area contributed by atoms with E-state index in [9.17, 15) is 19.2 Å². The molecule has 0 saturated carbocycles. The molecule has 0 fully saturated rings. The molecule has 0 aliphatic rings. The molecule has 0 aromatic heterocycles. The number of Topliss-reactive ketones (excluding diaryl/α,β-unsaturated/α-hetero) is 1. The van der Waals surface area contributed by atoms with Gasteiger partial charge in [0.2, 0.25) is 0 Å². The number of ketones is 1. The molecule has 0 aliphatic heterocycles. The van der Waals surface area contributed by atoms with Crippen molar-refractivity contribution in [2.24, 2.45) is 23.1 Å². The van der Waals surface area contributed by atoms with Crippen LogP contribution in [-0.4, -0.2) is 57.1 Å². The van der Waals surface area contributed by atoms with Gasteiger partial charge >= 0.3 is 17.9 Å². The van der Waals surface area contributed by atoms with Gasteiger partial charge in [-0.15, -0.1) is 0 Å². The van der Waals surface area contributed by atoms with E-state index in [0.717, 1.165) is 0 Å². The van der Waals surface area contributed by atoms with Crippen molar-refractivity contribution in [3.8, 4) is 0 Å². The van der Waals surface area contributed by atoms with Crippen LogP contribution in [0.2, 0.25) is 0 Å². The van der Waals surface area contributed by atoms with Crippen LogP contribution in [-0.2, 0) is 19.2 Å². The summed E-state index contributed by atoms with van der Waals surface area (Å²) in [6.45, 7) is 0. The lowest BCUT2D eigenvalue weighted by molar-refractivity contribution is -0.139. The molecule has 10 heteroatoms. The Bertz CT molecular complexity index is 418. The Hall–Kier alpha value is -2.04. The first-order chi connectivity index (χ1) is 10.1. The van der Waals surface area contributed by atoms with Gasteiger partial charge in [0.15, 0.2) is 5.78 Å². The van der Waals surface area contributed by atoms with Crippen molar-refractivity contribution < 1.29 is 34.5 Å². The maximum Gasteiger partial charge on any atom is 0.320 e. The molecular formula is C12H21N3O7. The van der Waals surface area contributed by atoms with Crippen molar-refractivity contribution in [1.82, 2.24) is 0 Å². The second kappa shape index (κ2) is 9.07. The molecule has 0 aromatic carbocycles. The maximum absolute atomic E-state index is 12.2. The van der Waals surface area contributed by atoms with Gasteiger partial charge in [-0.1, -0.05) is 0 Å². The predicted octanol–water partition coefficient (Wildman–Crippen LogP) is -2.03. The summed E-state index contributed by atoms with van der Waals surface area (Å²) in [6.07, 6.45) is -1.13. The standard InChI is InChI=1S/C12H21N3O7/c13-6(1-2-9(16)17)10(18)5(3-7(14)11(19)20)4-8(15)12(21)22/h5-8H,1-4,13-15H2,(H,16,17)(H,19,20)(H,21,22)/t5?,6-,7-,8+/m0/s1. The highest BCUT2D eigenvalue weighted by atomic mass is 16.4. The third kappa shape index (κ3) is 7.11. The Balaban J connectivity index is 4.94. The van der Waals surface area contributed by atoms with E-state index in [-0.39, 0.29) is 25.7 Å². The first-order valence-electron chi connectivity index (χ1n) is 6.54. The zero-order chi connectivity index (χ0) is 17.4.